The van der Waals surface area contributed by atoms with Crippen molar-refractivity contribution in [1.29, 1.82) is 0 Å². The van der Waals surface area contributed by atoms with Crippen molar-refractivity contribution in [2.75, 3.05) is 47.5 Å². The first-order valence-electron chi connectivity index (χ1n) is 27.5. The van der Waals surface area contributed by atoms with Crippen LogP contribution in [0.4, 0.5) is 0 Å². The lowest BCUT2D eigenvalue weighted by atomic mass is 10.2. The first kappa shape index (κ1) is 69.1. The smallest absolute Gasteiger partial charge is 0.306 e. The van der Waals surface area contributed by atoms with Gasteiger partial charge in [-0.3, -0.25) is 14.2 Å². The van der Waals surface area contributed by atoms with Crippen LogP contribution in [0.2, 0.25) is 0 Å². The maximum Gasteiger partial charge on any atom is 0.306 e. The topological polar surface area (TPSA) is 111 Å². The number of likely N-dealkylation sites (N-methyl/N-ethyl adjacent to an activating group) is 1. The molecular formula is C64H98NO8P. The summed E-state index contributed by atoms with van der Waals surface area (Å²) in [6.07, 6.45) is 82.3. The van der Waals surface area contributed by atoms with Crippen LogP contribution in [0.3, 0.4) is 0 Å². The van der Waals surface area contributed by atoms with Crippen molar-refractivity contribution in [2.24, 2.45) is 0 Å². The number of esters is 2. The van der Waals surface area contributed by atoms with Crippen LogP contribution in [0.25, 0.3) is 0 Å². The number of ether oxygens (including phenoxy) is 2. The van der Waals surface area contributed by atoms with Crippen molar-refractivity contribution in [1.82, 2.24) is 0 Å². The van der Waals surface area contributed by atoms with Crippen molar-refractivity contribution >= 4 is 19.8 Å². The monoisotopic (exact) mass is 1040 g/mol. The number of phosphoric ester groups is 1. The maximum atomic E-state index is 12.8. The van der Waals surface area contributed by atoms with Gasteiger partial charge in [-0.15, -0.1) is 0 Å². The van der Waals surface area contributed by atoms with Gasteiger partial charge < -0.3 is 27.9 Å². The molecule has 0 aliphatic carbocycles. The van der Waals surface area contributed by atoms with E-state index >= 15 is 0 Å². The molecule has 0 rings (SSSR count). The fraction of sp³-hybridized carbons (Fsp3) is 0.500. The Kier molecular flexibility index (Phi) is 49.5. The Labute approximate surface area is 450 Å². The lowest BCUT2D eigenvalue weighted by Crippen LogP contribution is -2.37. The maximum absolute atomic E-state index is 12.8. The van der Waals surface area contributed by atoms with E-state index in [9.17, 15) is 19.0 Å². The largest absolute Gasteiger partial charge is 0.756 e. The fourth-order valence-corrected chi connectivity index (χ4v) is 6.97. The number of hydrogen-bond donors (Lipinski definition) is 0. The number of allylic oxidation sites excluding steroid dienone is 30. The van der Waals surface area contributed by atoms with Gasteiger partial charge in [0.05, 0.1) is 27.7 Å². The molecule has 0 fully saturated rings. The average Bonchev–Trinajstić information content (AvgIpc) is 3.36. The molecule has 10 heteroatoms. The van der Waals surface area contributed by atoms with Crippen LogP contribution in [0.15, 0.2) is 182 Å². The molecule has 0 spiro atoms. The van der Waals surface area contributed by atoms with Gasteiger partial charge in [0, 0.05) is 12.8 Å². The zero-order valence-corrected chi connectivity index (χ0v) is 47.3. The Morgan fingerprint density at radius 2 is 0.730 bits per heavy atom. The Balaban J connectivity index is 4.47. The highest BCUT2D eigenvalue weighted by Crippen LogP contribution is 2.38. The zero-order valence-electron chi connectivity index (χ0n) is 46.4. The van der Waals surface area contributed by atoms with E-state index in [4.69, 9.17) is 18.5 Å². The third-order valence-corrected chi connectivity index (χ3v) is 11.4. The molecule has 9 nitrogen and oxygen atoms in total. The number of quaternary nitrogens is 1. The third-order valence-electron chi connectivity index (χ3n) is 10.4. The highest BCUT2D eigenvalue weighted by Gasteiger charge is 2.21. The molecular weight excluding hydrogens is 942 g/mol. The predicted octanol–water partition coefficient (Wildman–Crippen LogP) is 16.6. The minimum Gasteiger partial charge on any atom is -0.756 e. The van der Waals surface area contributed by atoms with Crippen molar-refractivity contribution in [3.63, 3.8) is 0 Å². The molecule has 0 heterocycles. The Morgan fingerprint density at radius 3 is 1.07 bits per heavy atom. The van der Waals surface area contributed by atoms with Gasteiger partial charge >= 0.3 is 11.9 Å². The van der Waals surface area contributed by atoms with Crippen LogP contribution < -0.4 is 4.89 Å². The number of nitrogens with zero attached hydrogens (tertiary/aromatic N) is 1. The van der Waals surface area contributed by atoms with Crippen LogP contribution in [-0.4, -0.2) is 70.0 Å². The summed E-state index contributed by atoms with van der Waals surface area (Å²) in [6, 6.07) is 0. The standard InChI is InChI=1S/C64H98NO8P/c1-6-8-10-12-14-16-18-20-22-24-26-28-30-31-32-33-35-37-39-41-43-45-47-49-51-53-55-57-64(67)73-62(61-72-74(68,69)71-59-58-65(3,4)5)60-70-63(66)56-54-52-50-48-46-44-42-40-38-36-34-29-27-25-23-21-19-17-15-13-11-9-7-2/h8-11,14-17,20-23,26-29,31-32,35-38,41-44,47-50,62H,6-7,12-13,18-19,24-25,30,33-34,39-40,45-46,51-61H2,1-5H3/b10-8-,11-9-,16-14-,17-15-,22-20-,23-21-,28-26-,29-27-,32-31-,37-35-,38-36-,43-41-,44-42-,49-47-,50-48-. The molecule has 0 aromatic rings. The fourth-order valence-electron chi connectivity index (χ4n) is 6.25. The van der Waals surface area contributed by atoms with Gasteiger partial charge in [-0.05, 0) is 128 Å². The van der Waals surface area contributed by atoms with Crippen molar-refractivity contribution in [3.8, 4) is 0 Å². The van der Waals surface area contributed by atoms with Gasteiger partial charge in [-0.1, -0.05) is 196 Å². The molecule has 0 aliphatic heterocycles. The molecule has 412 valence electrons. The highest BCUT2D eigenvalue weighted by molar-refractivity contribution is 7.45. The van der Waals surface area contributed by atoms with Gasteiger partial charge in [-0.25, -0.2) is 0 Å². The molecule has 0 radical (unpaired) electrons. The molecule has 0 saturated heterocycles. The second kappa shape index (κ2) is 53.0. The molecule has 2 atom stereocenters. The van der Waals surface area contributed by atoms with E-state index in [1.807, 2.05) is 27.2 Å². The van der Waals surface area contributed by atoms with Crippen LogP contribution in [0, 0.1) is 0 Å². The molecule has 0 amide bonds. The van der Waals surface area contributed by atoms with Gasteiger partial charge in [0.2, 0.25) is 0 Å². The summed E-state index contributed by atoms with van der Waals surface area (Å²) < 4.78 is 34.0. The summed E-state index contributed by atoms with van der Waals surface area (Å²) in [5.74, 6) is -0.976. The van der Waals surface area contributed by atoms with Crippen molar-refractivity contribution < 1.29 is 42.1 Å². The summed E-state index contributed by atoms with van der Waals surface area (Å²) in [4.78, 5) is 37.8. The zero-order chi connectivity index (χ0) is 54.2. The van der Waals surface area contributed by atoms with Crippen molar-refractivity contribution in [2.45, 2.75) is 161 Å². The number of unbranched alkanes of at least 4 members (excludes halogenated alkanes) is 3. The molecule has 2 unspecified atom stereocenters. The number of hydrogen-bond acceptors (Lipinski definition) is 8. The lowest BCUT2D eigenvalue weighted by molar-refractivity contribution is -0.870. The van der Waals surface area contributed by atoms with E-state index < -0.39 is 32.5 Å². The summed E-state index contributed by atoms with van der Waals surface area (Å²) in [6.45, 7) is 3.84. The van der Waals surface area contributed by atoms with E-state index in [-0.39, 0.29) is 26.1 Å². The molecule has 0 aromatic heterocycles. The molecule has 0 bridgehead atoms. The van der Waals surface area contributed by atoms with Crippen LogP contribution in [0.5, 0.6) is 0 Å². The average molecular weight is 1040 g/mol. The highest BCUT2D eigenvalue weighted by atomic mass is 31.2. The predicted molar refractivity (Wildman–Crippen MR) is 313 cm³/mol. The van der Waals surface area contributed by atoms with E-state index in [1.165, 1.54) is 0 Å². The number of carbonyl (C=O) groups excluding carboxylic acids is 2. The number of carbonyl (C=O) groups is 2. The van der Waals surface area contributed by atoms with Crippen molar-refractivity contribution in [3.05, 3.63) is 182 Å². The molecule has 0 saturated carbocycles. The first-order chi connectivity index (χ1) is 36.0. The second-order valence-corrected chi connectivity index (χ2v) is 19.9. The normalized spacial score (nSPS) is 14.7. The quantitative estimate of drug-likeness (QED) is 0.0195. The van der Waals surface area contributed by atoms with Crippen LogP contribution in [-0.2, 0) is 32.7 Å². The number of phosphoric acid groups is 1. The Hall–Kier alpha value is -4.89. The molecule has 0 N–H and O–H groups in total. The molecule has 74 heavy (non-hydrogen) atoms. The van der Waals surface area contributed by atoms with Crippen LogP contribution in [0.1, 0.15) is 155 Å². The minimum absolute atomic E-state index is 0.0609. The van der Waals surface area contributed by atoms with E-state index in [0.717, 1.165) is 109 Å². The third kappa shape index (κ3) is 56.4. The van der Waals surface area contributed by atoms with Crippen LogP contribution >= 0.6 is 7.82 Å². The lowest BCUT2D eigenvalue weighted by Gasteiger charge is -2.28. The molecule has 0 aromatic carbocycles. The van der Waals surface area contributed by atoms with Gasteiger partial charge in [0.15, 0.2) is 6.10 Å². The SMILES string of the molecule is CC/C=C\C/C=C\C/C=C\C/C=C\C/C=C\C/C=C\C/C=C\C/C=C\CCCCC(=O)OC(COC(=O)CCC/C=C\C/C=C\C/C=C\C/C=C\C/C=C\C/C=C\C/C=C\CC)COP(=O)([O-])OCC[N+](C)(C)C. The summed E-state index contributed by atoms with van der Waals surface area (Å²) in [7, 11) is 1.07. The number of rotatable bonds is 47. The van der Waals surface area contributed by atoms with Gasteiger partial charge in [-0.2, -0.15) is 0 Å². The summed E-state index contributed by atoms with van der Waals surface area (Å²) in [5.41, 5.74) is 0. The van der Waals surface area contributed by atoms with Gasteiger partial charge in [0.25, 0.3) is 7.82 Å². The Bertz CT molecular complexity index is 1900. The summed E-state index contributed by atoms with van der Waals surface area (Å²) in [5, 5.41) is 0. The van der Waals surface area contributed by atoms with E-state index in [2.05, 4.69) is 190 Å². The minimum atomic E-state index is -4.68. The summed E-state index contributed by atoms with van der Waals surface area (Å²) >= 11 is 0. The van der Waals surface area contributed by atoms with E-state index in [1.54, 1.807) is 0 Å². The first-order valence-corrected chi connectivity index (χ1v) is 29.0. The second-order valence-electron chi connectivity index (χ2n) is 18.5. The molecule has 0 aliphatic rings. The van der Waals surface area contributed by atoms with Gasteiger partial charge in [0.1, 0.15) is 19.8 Å². The van der Waals surface area contributed by atoms with E-state index in [0.29, 0.717) is 30.3 Å². The Morgan fingerprint density at radius 1 is 0.419 bits per heavy atom.